The second-order valence-electron chi connectivity index (χ2n) is 13.3. The first-order chi connectivity index (χ1) is 20.6. The molecule has 2 aliphatic heterocycles. The van der Waals surface area contributed by atoms with Gasteiger partial charge in [0.05, 0.1) is 35.2 Å². The van der Waals surface area contributed by atoms with Crippen molar-refractivity contribution in [2.24, 2.45) is 5.92 Å². The molecule has 0 bridgehead atoms. The molecule has 3 aliphatic rings. The Morgan fingerprint density at radius 1 is 1.16 bits per heavy atom. The van der Waals surface area contributed by atoms with Crippen molar-refractivity contribution < 1.29 is 31.9 Å². The summed E-state index contributed by atoms with van der Waals surface area (Å²) >= 11 is 0. The molecule has 3 heterocycles. The van der Waals surface area contributed by atoms with Crippen molar-refractivity contribution in [2.45, 2.75) is 109 Å². The molecule has 2 N–H and O–H groups in total. The van der Waals surface area contributed by atoms with Crippen LogP contribution in [-0.2, 0) is 32.5 Å². The van der Waals surface area contributed by atoms with Crippen LogP contribution in [0.3, 0.4) is 0 Å². The molecule has 0 radical (unpaired) electrons. The Bertz CT molecular complexity index is 1420. The Hall–Kier alpha value is -3.28. The molecular formula is C32H41F4N5O3. The van der Waals surface area contributed by atoms with Gasteiger partial charge in [0.1, 0.15) is 23.1 Å². The van der Waals surface area contributed by atoms with Crippen molar-refractivity contribution in [3.05, 3.63) is 52.2 Å². The third kappa shape index (κ3) is 6.27. The largest absolute Gasteiger partial charge is 0.460 e. The lowest BCUT2D eigenvalue weighted by Gasteiger charge is -2.49. The lowest BCUT2D eigenvalue weighted by atomic mass is 9.64. The number of anilines is 1. The van der Waals surface area contributed by atoms with Crippen LogP contribution in [0.2, 0.25) is 0 Å². The van der Waals surface area contributed by atoms with Gasteiger partial charge >= 0.3 is 12.1 Å². The summed E-state index contributed by atoms with van der Waals surface area (Å²) in [6, 6.07) is 2.31. The van der Waals surface area contributed by atoms with Gasteiger partial charge in [0.15, 0.2) is 0 Å². The molecule has 1 aliphatic carbocycles. The van der Waals surface area contributed by atoms with Gasteiger partial charge in [0.25, 0.3) is 0 Å². The maximum atomic E-state index is 15.1. The highest BCUT2D eigenvalue weighted by atomic mass is 19.4. The van der Waals surface area contributed by atoms with Crippen LogP contribution in [0.25, 0.3) is 0 Å². The molecule has 1 saturated heterocycles. The first-order valence-electron chi connectivity index (χ1n) is 15.4. The van der Waals surface area contributed by atoms with Crippen molar-refractivity contribution >= 4 is 17.7 Å². The average molecular weight is 620 g/mol. The highest BCUT2D eigenvalue weighted by Gasteiger charge is 2.54. The number of fused-ring (bicyclic) bond motifs is 2. The quantitative estimate of drug-likeness (QED) is 0.314. The number of nitrogens with zero attached hydrogens (tertiary/aromatic N) is 3. The number of hydrogen-bond donors (Lipinski definition) is 2. The number of rotatable bonds is 5. The number of piperidine rings is 1. The number of aryl methyl sites for hydroxylation is 1. The van der Waals surface area contributed by atoms with E-state index in [0.717, 1.165) is 32.0 Å². The number of amides is 1. The van der Waals surface area contributed by atoms with Crippen LogP contribution in [-0.4, -0.2) is 51.5 Å². The Labute approximate surface area is 255 Å². The molecule has 2 fully saturated rings. The molecule has 2 aromatic rings. The van der Waals surface area contributed by atoms with Crippen LogP contribution < -0.4 is 10.6 Å². The van der Waals surface area contributed by atoms with Gasteiger partial charge in [-0.2, -0.15) is 13.2 Å². The molecule has 44 heavy (non-hydrogen) atoms. The number of esters is 1. The standard InChI is InChI=1S/C32H41F4N5O3/c1-18(22-9-6-10-24(25(22)33)32(34,35)36)38-27-23-17-41(21-11-14-37-15-12-21)29(43)31(26(23)39-19(2)40-27)13-7-8-20(16-31)28(42)44-30(3,4)5/h6,9-10,18,20-21,37H,7-8,11-17H2,1-5H3,(H,38,39,40)/t18-,20?,31?/m1/s1. The lowest BCUT2D eigenvalue weighted by molar-refractivity contribution is -0.163. The molecular weight excluding hydrogens is 578 g/mol. The molecule has 5 rings (SSSR count). The van der Waals surface area contributed by atoms with Gasteiger partial charge in [-0.1, -0.05) is 18.6 Å². The first kappa shape index (κ1) is 32.1. The zero-order valence-corrected chi connectivity index (χ0v) is 25.9. The minimum Gasteiger partial charge on any atom is -0.460 e. The molecule has 1 aromatic heterocycles. The summed E-state index contributed by atoms with van der Waals surface area (Å²) < 4.78 is 61.3. The van der Waals surface area contributed by atoms with E-state index in [1.54, 1.807) is 13.8 Å². The van der Waals surface area contributed by atoms with E-state index < -0.39 is 40.5 Å². The number of nitrogens with one attached hydrogen (secondary N) is 2. The van der Waals surface area contributed by atoms with E-state index in [2.05, 4.69) is 15.6 Å². The maximum absolute atomic E-state index is 15.1. The van der Waals surface area contributed by atoms with Gasteiger partial charge in [-0.25, -0.2) is 14.4 Å². The molecule has 2 unspecified atom stereocenters. The number of ether oxygens (including phenoxy) is 1. The predicted octanol–water partition coefficient (Wildman–Crippen LogP) is 5.98. The number of carbonyl (C=O) groups is 2. The third-order valence-electron chi connectivity index (χ3n) is 8.97. The molecule has 1 spiro atoms. The monoisotopic (exact) mass is 619 g/mol. The molecule has 1 aromatic carbocycles. The minimum atomic E-state index is -4.84. The zero-order chi connectivity index (χ0) is 32.0. The summed E-state index contributed by atoms with van der Waals surface area (Å²) in [7, 11) is 0. The second kappa shape index (κ2) is 11.9. The fourth-order valence-electron chi connectivity index (χ4n) is 6.95. The number of benzene rings is 1. The number of halogens is 4. The van der Waals surface area contributed by atoms with Crippen LogP contribution >= 0.6 is 0 Å². The Morgan fingerprint density at radius 2 is 1.86 bits per heavy atom. The van der Waals surface area contributed by atoms with Crippen molar-refractivity contribution in [1.29, 1.82) is 0 Å². The molecule has 12 heteroatoms. The van der Waals surface area contributed by atoms with Gasteiger partial charge in [0.2, 0.25) is 5.91 Å². The highest BCUT2D eigenvalue weighted by Crippen LogP contribution is 2.49. The normalized spacial score (nSPS) is 23.8. The van der Waals surface area contributed by atoms with E-state index in [1.807, 2.05) is 25.7 Å². The topological polar surface area (TPSA) is 96.5 Å². The van der Waals surface area contributed by atoms with Crippen LogP contribution in [0.15, 0.2) is 18.2 Å². The van der Waals surface area contributed by atoms with Gasteiger partial charge in [-0.15, -0.1) is 0 Å². The Morgan fingerprint density at radius 3 is 2.52 bits per heavy atom. The molecule has 240 valence electrons. The van der Waals surface area contributed by atoms with Crippen LogP contribution in [0.5, 0.6) is 0 Å². The van der Waals surface area contributed by atoms with E-state index in [-0.39, 0.29) is 36.4 Å². The lowest BCUT2D eigenvalue weighted by Crippen LogP contribution is -2.58. The minimum absolute atomic E-state index is 0.0387. The van der Waals surface area contributed by atoms with E-state index in [9.17, 15) is 22.8 Å². The molecule has 8 nitrogen and oxygen atoms in total. The Balaban J connectivity index is 1.58. The SMILES string of the molecule is Cc1nc(N[C@H](C)c2cccc(C(F)(F)F)c2F)c2c(n1)C1(CCCC(C(=O)OC(C)(C)C)C1)C(=O)N(C1CCNCC1)C2. The van der Waals surface area contributed by atoms with Crippen molar-refractivity contribution in [1.82, 2.24) is 20.2 Å². The Kier molecular flexibility index (Phi) is 8.69. The van der Waals surface area contributed by atoms with E-state index >= 15 is 4.39 Å². The smallest absolute Gasteiger partial charge is 0.419 e. The number of alkyl halides is 3. The predicted molar refractivity (Wildman–Crippen MR) is 156 cm³/mol. The summed E-state index contributed by atoms with van der Waals surface area (Å²) in [5.41, 5.74) is -2.06. The summed E-state index contributed by atoms with van der Waals surface area (Å²) in [5, 5.41) is 6.51. The van der Waals surface area contributed by atoms with Crippen molar-refractivity contribution in [3.63, 3.8) is 0 Å². The second-order valence-corrected chi connectivity index (χ2v) is 13.3. The summed E-state index contributed by atoms with van der Waals surface area (Å²) in [5.74, 6) is -1.53. The van der Waals surface area contributed by atoms with Crippen molar-refractivity contribution in [3.8, 4) is 0 Å². The fraction of sp³-hybridized carbons (Fsp3) is 0.625. The van der Waals surface area contributed by atoms with E-state index in [4.69, 9.17) is 9.72 Å². The maximum Gasteiger partial charge on any atom is 0.419 e. The summed E-state index contributed by atoms with van der Waals surface area (Å²) in [4.78, 5) is 39.2. The van der Waals surface area contributed by atoms with E-state index in [1.165, 1.54) is 12.1 Å². The number of carbonyl (C=O) groups excluding carboxylic acids is 2. The first-order valence-corrected chi connectivity index (χ1v) is 15.4. The molecule has 1 amide bonds. The summed E-state index contributed by atoms with van der Waals surface area (Å²) in [6.45, 7) is 10.4. The van der Waals surface area contributed by atoms with Gasteiger partial charge in [-0.05, 0) is 85.9 Å². The van der Waals surface area contributed by atoms with Gasteiger partial charge in [0, 0.05) is 17.2 Å². The van der Waals surface area contributed by atoms with Crippen LogP contribution in [0.1, 0.15) is 100 Å². The molecule has 1 saturated carbocycles. The van der Waals surface area contributed by atoms with Crippen LogP contribution in [0, 0.1) is 18.7 Å². The van der Waals surface area contributed by atoms with Crippen molar-refractivity contribution in [2.75, 3.05) is 18.4 Å². The summed E-state index contributed by atoms with van der Waals surface area (Å²) in [6.07, 6.45) is -1.38. The van der Waals surface area contributed by atoms with E-state index in [0.29, 0.717) is 42.2 Å². The van der Waals surface area contributed by atoms with Gasteiger partial charge in [-0.3, -0.25) is 9.59 Å². The van der Waals surface area contributed by atoms with Crippen LogP contribution in [0.4, 0.5) is 23.4 Å². The number of hydrogen-bond acceptors (Lipinski definition) is 7. The third-order valence-corrected chi connectivity index (χ3v) is 8.97. The highest BCUT2D eigenvalue weighted by molar-refractivity contribution is 5.92. The molecule has 3 atom stereocenters. The fourth-order valence-corrected chi connectivity index (χ4v) is 6.95. The average Bonchev–Trinajstić information content (AvgIpc) is 2.94. The zero-order valence-electron chi connectivity index (χ0n) is 25.9. The number of aromatic nitrogens is 2. The van der Waals surface area contributed by atoms with Gasteiger partial charge < -0.3 is 20.3 Å².